The second-order valence-corrected chi connectivity index (χ2v) is 4.20. The molecule has 0 atom stereocenters. The van der Waals surface area contributed by atoms with Crippen molar-refractivity contribution in [2.45, 2.75) is 13.8 Å². The molecule has 0 radical (unpaired) electrons. The second-order valence-electron chi connectivity index (χ2n) is 3.48. The Balaban J connectivity index is 2.33. The Morgan fingerprint density at radius 2 is 1.89 bits per heavy atom. The molecule has 0 spiro atoms. The van der Waals surface area contributed by atoms with Gasteiger partial charge in [0.05, 0.1) is 5.69 Å². The number of halogens is 2. The maximum absolute atomic E-state index is 12.0. The number of aryl methyl sites for hydroxylation is 2. The van der Waals surface area contributed by atoms with Crippen LogP contribution in [0.2, 0.25) is 10.3 Å². The molecule has 0 saturated carbocycles. The van der Waals surface area contributed by atoms with Gasteiger partial charge in [0.25, 0.3) is 5.91 Å². The monoisotopic (exact) mass is 286 g/mol. The number of aromatic nitrogens is 3. The minimum Gasteiger partial charge on any atom is -0.361 e. The zero-order valence-electron chi connectivity index (χ0n) is 9.49. The van der Waals surface area contributed by atoms with Gasteiger partial charge >= 0.3 is 0 Å². The molecule has 2 aromatic heterocycles. The first-order valence-corrected chi connectivity index (χ1v) is 5.66. The van der Waals surface area contributed by atoms with E-state index in [4.69, 9.17) is 27.7 Å². The second kappa shape index (κ2) is 4.91. The molecule has 2 aromatic rings. The molecule has 18 heavy (non-hydrogen) atoms. The first-order valence-electron chi connectivity index (χ1n) is 4.91. The van der Waals surface area contributed by atoms with Crippen molar-refractivity contribution in [3.8, 4) is 0 Å². The molecular formula is C10H8Cl2N4O2. The van der Waals surface area contributed by atoms with Crippen LogP contribution >= 0.6 is 23.2 Å². The van der Waals surface area contributed by atoms with E-state index in [-0.39, 0.29) is 16.0 Å². The van der Waals surface area contributed by atoms with E-state index in [1.165, 1.54) is 6.33 Å². The Labute approximate surface area is 112 Å². The molecule has 94 valence electrons. The number of rotatable bonds is 2. The molecule has 0 aromatic carbocycles. The zero-order chi connectivity index (χ0) is 13.3. The van der Waals surface area contributed by atoms with Gasteiger partial charge in [0, 0.05) is 0 Å². The first kappa shape index (κ1) is 12.8. The van der Waals surface area contributed by atoms with Crippen molar-refractivity contribution in [1.29, 1.82) is 0 Å². The van der Waals surface area contributed by atoms with E-state index in [0.717, 1.165) is 0 Å². The molecule has 0 fully saturated rings. The summed E-state index contributed by atoms with van der Waals surface area (Å²) in [6.07, 6.45) is 1.20. The summed E-state index contributed by atoms with van der Waals surface area (Å²) in [5.74, 6) is -0.0149. The van der Waals surface area contributed by atoms with E-state index < -0.39 is 5.91 Å². The van der Waals surface area contributed by atoms with Gasteiger partial charge in [-0.15, -0.1) is 0 Å². The summed E-state index contributed by atoms with van der Waals surface area (Å²) < 4.78 is 4.91. The zero-order valence-corrected chi connectivity index (χ0v) is 11.0. The van der Waals surface area contributed by atoms with Crippen LogP contribution in [-0.2, 0) is 0 Å². The maximum atomic E-state index is 12.0. The number of amides is 1. The van der Waals surface area contributed by atoms with E-state index in [2.05, 4.69) is 20.4 Å². The molecule has 2 heterocycles. The summed E-state index contributed by atoms with van der Waals surface area (Å²) in [4.78, 5) is 19.5. The average molecular weight is 287 g/mol. The van der Waals surface area contributed by atoms with Crippen LogP contribution in [-0.4, -0.2) is 21.0 Å². The first-order chi connectivity index (χ1) is 8.50. The smallest absolute Gasteiger partial charge is 0.261 e. The quantitative estimate of drug-likeness (QED) is 0.859. The van der Waals surface area contributed by atoms with Crippen molar-refractivity contribution in [3.63, 3.8) is 0 Å². The summed E-state index contributed by atoms with van der Waals surface area (Å²) in [5.41, 5.74) is 0.978. The van der Waals surface area contributed by atoms with Gasteiger partial charge in [0.1, 0.15) is 23.3 Å². The highest BCUT2D eigenvalue weighted by molar-refractivity contribution is 6.38. The molecule has 0 saturated heterocycles. The number of hydrogen-bond donors (Lipinski definition) is 1. The van der Waals surface area contributed by atoms with Gasteiger partial charge in [-0.3, -0.25) is 4.79 Å². The molecule has 0 aliphatic rings. The van der Waals surface area contributed by atoms with Crippen molar-refractivity contribution in [2.75, 3.05) is 5.32 Å². The van der Waals surface area contributed by atoms with E-state index >= 15 is 0 Å². The van der Waals surface area contributed by atoms with Gasteiger partial charge in [0.2, 0.25) is 0 Å². The summed E-state index contributed by atoms with van der Waals surface area (Å²) >= 11 is 11.7. The van der Waals surface area contributed by atoms with Crippen LogP contribution in [0.25, 0.3) is 0 Å². The van der Waals surface area contributed by atoms with E-state index in [1.807, 2.05) is 0 Å². The lowest BCUT2D eigenvalue weighted by Crippen LogP contribution is -2.15. The molecule has 0 unspecified atom stereocenters. The van der Waals surface area contributed by atoms with Crippen LogP contribution in [0, 0.1) is 13.8 Å². The van der Waals surface area contributed by atoms with E-state index in [0.29, 0.717) is 17.0 Å². The highest BCUT2D eigenvalue weighted by Gasteiger charge is 2.20. The molecule has 1 N–H and O–H groups in total. The molecule has 1 amide bonds. The van der Waals surface area contributed by atoms with Crippen LogP contribution in [0.5, 0.6) is 0 Å². The minimum atomic E-state index is -0.426. The van der Waals surface area contributed by atoms with Gasteiger partial charge in [-0.25, -0.2) is 9.97 Å². The lowest BCUT2D eigenvalue weighted by Gasteiger charge is -2.06. The Kier molecular flexibility index (Phi) is 3.49. The summed E-state index contributed by atoms with van der Waals surface area (Å²) in [6.45, 7) is 3.30. The van der Waals surface area contributed by atoms with Crippen molar-refractivity contribution >= 4 is 34.8 Å². The molecular weight excluding hydrogens is 279 g/mol. The third-order valence-corrected chi connectivity index (χ3v) is 2.83. The predicted molar refractivity (Wildman–Crippen MR) is 66.0 cm³/mol. The fourth-order valence-electron chi connectivity index (χ4n) is 1.43. The number of nitrogens with one attached hydrogen (secondary N) is 1. The Hall–Kier alpha value is -1.66. The summed E-state index contributed by atoms with van der Waals surface area (Å²) in [5, 5.41) is 6.36. The summed E-state index contributed by atoms with van der Waals surface area (Å²) in [7, 11) is 0. The van der Waals surface area contributed by atoms with Gasteiger partial charge in [-0.1, -0.05) is 28.4 Å². The van der Waals surface area contributed by atoms with Crippen molar-refractivity contribution in [2.24, 2.45) is 0 Å². The Morgan fingerprint density at radius 1 is 1.28 bits per heavy atom. The fourth-order valence-corrected chi connectivity index (χ4v) is 1.84. The van der Waals surface area contributed by atoms with Crippen LogP contribution in [0.4, 0.5) is 5.69 Å². The van der Waals surface area contributed by atoms with Crippen LogP contribution in [0.3, 0.4) is 0 Å². The molecule has 2 rings (SSSR count). The van der Waals surface area contributed by atoms with Gasteiger partial charge in [-0.2, -0.15) is 0 Å². The average Bonchev–Trinajstić information content (AvgIpc) is 2.64. The third kappa shape index (κ3) is 2.30. The van der Waals surface area contributed by atoms with Gasteiger partial charge in [-0.05, 0) is 13.8 Å². The van der Waals surface area contributed by atoms with Crippen molar-refractivity contribution in [3.05, 3.63) is 33.7 Å². The van der Waals surface area contributed by atoms with Crippen molar-refractivity contribution < 1.29 is 9.32 Å². The van der Waals surface area contributed by atoms with Crippen LogP contribution in [0.15, 0.2) is 10.9 Å². The molecule has 8 heteroatoms. The fraction of sp³-hybridized carbons (Fsp3) is 0.200. The standard InChI is InChI=1S/C10H8Cl2N4O2/c1-4-6(5(2)18-16-4)10(17)15-7-8(11)13-3-14-9(7)12/h3H,1-2H3,(H,15,17). The topological polar surface area (TPSA) is 80.9 Å². The number of nitrogens with zero attached hydrogens (tertiary/aromatic N) is 3. The van der Waals surface area contributed by atoms with Gasteiger partial charge in [0.15, 0.2) is 10.3 Å². The minimum absolute atomic E-state index is 0.0649. The van der Waals surface area contributed by atoms with E-state index in [9.17, 15) is 4.79 Å². The lowest BCUT2D eigenvalue weighted by molar-refractivity contribution is 0.102. The van der Waals surface area contributed by atoms with Crippen molar-refractivity contribution in [1.82, 2.24) is 15.1 Å². The number of hydrogen-bond acceptors (Lipinski definition) is 5. The highest BCUT2D eigenvalue weighted by Crippen LogP contribution is 2.26. The maximum Gasteiger partial charge on any atom is 0.261 e. The van der Waals surface area contributed by atoms with Crippen LogP contribution < -0.4 is 5.32 Å². The van der Waals surface area contributed by atoms with E-state index in [1.54, 1.807) is 13.8 Å². The summed E-state index contributed by atoms with van der Waals surface area (Å²) in [6, 6.07) is 0. The number of carbonyl (C=O) groups excluding carboxylic acids is 1. The van der Waals surface area contributed by atoms with Gasteiger partial charge < -0.3 is 9.84 Å². The largest absolute Gasteiger partial charge is 0.361 e. The number of anilines is 1. The highest BCUT2D eigenvalue weighted by atomic mass is 35.5. The lowest BCUT2D eigenvalue weighted by atomic mass is 10.2. The Morgan fingerprint density at radius 3 is 2.39 bits per heavy atom. The molecule has 0 aliphatic heterocycles. The number of carbonyl (C=O) groups is 1. The molecule has 6 nitrogen and oxygen atoms in total. The molecule has 0 bridgehead atoms. The predicted octanol–water partition coefficient (Wildman–Crippen LogP) is 2.64. The Bertz CT molecular complexity index is 572. The molecule has 0 aliphatic carbocycles. The van der Waals surface area contributed by atoms with Crippen LogP contribution in [0.1, 0.15) is 21.8 Å². The normalized spacial score (nSPS) is 10.4. The SMILES string of the molecule is Cc1noc(C)c1C(=O)Nc1c(Cl)ncnc1Cl. The third-order valence-electron chi connectivity index (χ3n) is 2.25.